The molecule has 28 unspecified atom stereocenters. The standard InChI is InChI=1S/C53H84O25S/c1-22(2)26(55)13-16-52(8,64)43-27-18-51(7)25-10-11-31-49(4,5)32(14-15-50(31,6)24(25)12-17-53(43,51)48(63)74-27)75-47-42(35(58)30(21-70-47)78-79(65,66)67)77-45-38(61)36(59)40(23(3)71-45)76-44-37(60)33(56)29(20-69-44)73-46-39(62)41(68-9)34(57)28(19-54)72-46/h10,23-24,26-47,54-62,64H,1,11-21H2,2-9H3,(H,65,66,67). The van der Waals surface area contributed by atoms with Gasteiger partial charge in [-0.2, -0.15) is 8.42 Å². The summed E-state index contributed by atoms with van der Waals surface area (Å²) in [5, 5.41) is 111. The van der Waals surface area contributed by atoms with Gasteiger partial charge in [0.05, 0.1) is 49.1 Å². The van der Waals surface area contributed by atoms with E-state index in [9.17, 15) is 68.8 Å². The summed E-state index contributed by atoms with van der Waals surface area (Å²) >= 11 is 0. The maximum Gasteiger partial charge on any atom is 0.397 e. The van der Waals surface area contributed by atoms with Crippen LogP contribution in [0.4, 0.5) is 0 Å². The molecule has 2 bridgehead atoms. The van der Waals surface area contributed by atoms with Gasteiger partial charge in [-0.3, -0.25) is 9.35 Å². The molecule has 9 aliphatic rings. The van der Waals surface area contributed by atoms with Gasteiger partial charge < -0.3 is 98.4 Å². The smallest absolute Gasteiger partial charge is 0.397 e. The van der Waals surface area contributed by atoms with Crippen molar-refractivity contribution < 1.29 is 120 Å². The molecule has 25 nitrogen and oxygen atoms in total. The van der Waals surface area contributed by atoms with Crippen LogP contribution in [0.5, 0.6) is 0 Å². The molecule has 452 valence electrons. The summed E-state index contributed by atoms with van der Waals surface area (Å²) in [6.07, 6.45) is -24.1. The van der Waals surface area contributed by atoms with Crippen molar-refractivity contribution in [3.05, 3.63) is 23.8 Å². The van der Waals surface area contributed by atoms with Crippen LogP contribution in [0.1, 0.15) is 99.8 Å². The van der Waals surface area contributed by atoms with Crippen LogP contribution < -0.4 is 0 Å². The van der Waals surface area contributed by atoms with Crippen LogP contribution in [0.2, 0.25) is 0 Å². The lowest BCUT2D eigenvalue weighted by Crippen LogP contribution is -2.65. The van der Waals surface area contributed by atoms with Crippen molar-refractivity contribution in [2.24, 2.45) is 39.4 Å². The maximum atomic E-state index is 14.2. The highest BCUT2D eigenvalue weighted by Crippen LogP contribution is 2.76. The van der Waals surface area contributed by atoms with Gasteiger partial charge >= 0.3 is 16.4 Å². The number of allylic oxidation sites excluding steroid dienone is 2. The Morgan fingerprint density at radius 2 is 1.47 bits per heavy atom. The predicted molar refractivity (Wildman–Crippen MR) is 268 cm³/mol. The van der Waals surface area contributed by atoms with E-state index < -0.39 is 187 Å². The topological polar surface area (TPSA) is 375 Å². The number of rotatable bonds is 17. The lowest BCUT2D eigenvalue weighted by molar-refractivity contribution is -0.380. The van der Waals surface area contributed by atoms with Crippen molar-refractivity contribution in [1.29, 1.82) is 0 Å². The van der Waals surface area contributed by atoms with Gasteiger partial charge in [-0.15, -0.1) is 0 Å². The zero-order valence-corrected chi connectivity index (χ0v) is 46.8. The average molecular weight is 1150 g/mol. The highest BCUT2D eigenvalue weighted by Gasteiger charge is 2.79. The number of ether oxygens (including phenoxy) is 10. The minimum atomic E-state index is -5.15. The molecule has 26 heteroatoms. The summed E-state index contributed by atoms with van der Waals surface area (Å²) in [4.78, 5) is 14.2. The second-order valence-corrected chi connectivity index (χ2v) is 26.2. The van der Waals surface area contributed by atoms with Crippen LogP contribution in [0.15, 0.2) is 23.8 Å². The van der Waals surface area contributed by atoms with Gasteiger partial charge in [-0.05, 0) is 94.8 Å². The zero-order chi connectivity index (χ0) is 57.9. The quantitative estimate of drug-likeness (QED) is 0.0474. The summed E-state index contributed by atoms with van der Waals surface area (Å²) in [5.74, 6) is -0.688. The van der Waals surface area contributed by atoms with Gasteiger partial charge in [-0.25, -0.2) is 4.18 Å². The fraction of sp³-hybridized carbons (Fsp3) is 0.906. The highest BCUT2D eigenvalue weighted by molar-refractivity contribution is 7.80. The summed E-state index contributed by atoms with van der Waals surface area (Å²) in [5.41, 5.74) is -1.95. The first kappa shape index (κ1) is 61.6. The van der Waals surface area contributed by atoms with E-state index >= 15 is 0 Å². The third kappa shape index (κ3) is 10.6. The van der Waals surface area contributed by atoms with Gasteiger partial charge in [0.2, 0.25) is 0 Å². The van der Waals surface area contributed by atoms with Crippen LogP contribution in [0.3, 0.4) is 0 Å². The number of esters is 1. The molecule has 5 saturated heterocycles. The Morgan fingerprint density at radius 3 is 2.13 bits per heavy atom. The number of carbonyl (C=O) groups is 1. The molecule has 1 spiro atoms. The average Bonchev–Trinajstić information content (AvgIpc) is 4.02. The third-order valence-corrected chi connectivity index (χ3v) is 20.6. The first-order valence-electron chi connectivity index (χ1n) is 27.6. The summed E-state index contributed by atoms with van der Waals surface area (Å²) in [6.45, 7) is 15.7. The lowest BCUT2D eigenvalue weighted by atomic mass is 9.40. The number of hydrogen-bond donors (Lipinski definition) is 11. The molecule has 5 heterocycles. The number of methoxy groups -OCH3 is 1. The van der Waals surface area contributed by atoms with Crippen LogP contribution in [-0.2, 0) is 66.7 Å². The lowest BCUT2D eigenvalue weighted by Gasteiger charge is -2.64. The molecule has 9 rings (SSSR count). The fourth-order valence-electron chi connectivity index (χ4n) is 15.9. The molecule has 4 aliphatic carbocycles. The van der Waals surface area contributed by atoms with Crippen molar-refractivity contribution >= 4 is 16.4 Å². The number of aliphatic hydroxyl groups is 10. The van der Waals surface area contributed by atoms with Crippen LogP contribution in [-0.4, -0.2) is 231 Å². The van der Waals surface area contributed by atoms with E-state index in [-0.39, 0.29) is 29.6 Å². The first-order chi connectivity index (χ1) is 36.9. The molecule has 0 aromatic carbocycles. The van der Waals surface area contributed by atoms with Gasteiger partial charge in [0.1, 0.15) is 85.5 Å². The Bertz CT molecular complexity index is 2360. The highest BCUT2D eigenvalue weighted by atomic mass is 32.3. The number of carbonyl (C=O) groups excluding carboxylic acids is 1. The summed E-state index contributed by atoms with van der Waals surface area (Å²) < 4.78 is 97.4. The molecule has 28 atom stereocenters. The van der Waals surface area contributed by atoms with E-state index in [1.54, 1.807) is 13.8 Å². The second-order valence-electron chi connectivity index (χ2n) is 25.1. The Hall–Kier alpha value is -1.94. The third-order valence-electron chi connectivity index (χ3n) is 20.1. The van der Waals surface area contributed by atoms with E-state index in [1.165, 1.54) is 19.6 Å². The fourth-order valence-corrected chi connectivity index (χ4v) is 16.4. The molecule has 79 heavy (non-hydrogen) atoms. The Labute approximate surface area is 459 Å². The maximum absolute atomic E-state index is 14.2. The van der Waals surface area contributed by atoms with E-state index in [2.05, 4.69) is 40.3 Å². The molecular formula is C53H84O25S. The normalized spacial score (nSPS) is 49.8. The van der Waals surface area contributed by atoms with E-state index in [1.807, 2.05) is 0 Å². The molecule has 11 N–H and O–H groups in total. The monoisotopic (exact) mass is 1150 g/mol. The van der Waals surface area contributed by atoms with Crippen molar-refractivity contribution in [1.82, 2.24) is 0 Å². The SMILES string of the molecule is C=C(C)C(O)CCC(C)(O)C1C2CC3(C)C4=CCC5C(C)(C)C(OC6OCC(OS(=O)(=O)O)C(O)C6OC6OC(C)C(OC7OCC(OC8OC(CO)C(O)C(OC)C8O)C(O)C7O)C(O)C6O)CCC5(C)C4CCC13C(=O)O2. The minimum Gasteiger partial charge on any atom is -0.461 e. The van der Waals surface area contributed by atoms with Crippen molar-refractivity contribution in [2.45, 2.75) is 234 Å². The van der Waals surface area contributed by atoms with Gasteiger partial charge in [0.25, 0.3) is 0 Å². The van der Waals surface area contributed by atoms with E-state index in [0.29, 0.717) is 50.5 Å². The largest absolute Gasteiger partial charge is 0.461 e. The molecule has 0 aromatic heterocycles. The molecule has 8 fully saturated rings. The Morgan fingerprint density at radius 1 is 0.823 bits per heavy atom. The molecule has 3 saturated carbocycles. The molecule has 0 amide bonds. The minimum absolute atomic E-state index is 0.00132. The molecule has 0 radical (unpaired) electrons. The molecular weight excluding hydrogens is 1070 g/mol. The molecule has 5 aliphatic heterocycles. The van der Waals surface area contributed by atoms with Crippen molar-refractivity contribution in [3.8, 4) is 0 Å². The zero-order valence-electron chi connectivity index (χ0n) is 46.0. The Kier molecular flexibility index (Phi) is 17.5. The first-order valence-corrected chi connectivity index (χ1v) is 28.9. The van der Waals surface area contributed by atoms with Crippen LogP contribution in [0, 0.1) is 39.4 Å². The van der Waals surface area contributed by atoms with Gasteiger partial charge in [0, 0.05) is 18.4 Å². The van der Waals surface area contributed by atoms with Gasteiger partial charge in [0.15, 0.2) is 25.2 Å². The van der Waals surface area contributed by atoms with Crippen LogP contribution >= 0.6 is 0 Å². The van der Waals surface area contributed by atoms with Crippen molar-refractivity contribution in [3.63, 3.8) is 0 Å². The summed E-state index contributed by atoms with van der Waals surface area (Å²) in [7, 11) is -3.93. The number of hydrogen-bond acceptors (Lipinski definition) is 24. The second kappa shape index (κ2) is 22.5. The van der Waals surface area contributed by atoms with Crippen LogP contribution in [0.25, 0.3) is 0 Å². The van der Waals surface area contributed by atoms with Crippen molar-refractivity contribution in [2.75, 3.05) is 26.9 Å². The van der Waals surface area contributed by atoms with Gasteiger partial charge in [-0.1, -0.05) is 51.5 Å². The number of fused-ring (bicyclic) bond motifs is 5. The Balaban J connectivity index is 0.877. The summed E-state index contributed by atoms with van der Waals surface area (Å²) in [6, 6.07) is 0. The van der Waals surface area contributed by atoms with E-state index in [0.717, 1.165) is 0 Å². The van der Waals surface area contributed by atoms with E-state index in [4.69, 9.17) is 51.6 Å². The predicted octanol–water partition coefficient (Wildman–Crippen LogP) is -0.980. The number of aliphatic hydroxyl groups excluding tert-OH is 9. The molecule has 0 aromatic rings.